The summed E-state index contributed by atoms with van der Waals surface area (Å²) < 4.78 is 0. The van der Waals surface area contributed by atoms with Crippen LogP contribution in [0.15, 0.2) is 24.3 Å². The molecule has 2 rings (SSSR count). The topological polar surface area (TPSA) is 59.1 Å². The highest BCUT2D eigenvalue weighted by molar-refractivity contribution is 5.82. The first-order valence-electron chi connectivity index (χ1n) is 5.72. The molecule has 0 aliphatic heterocycles. The molecule has 3 N–H and O–H groups in total. The van der Waals surface area contributed by atoms with Gasteiger partial charge < -0.3 is 10.8 Å². The van der Waals surface area contributed by atoms with Gasteiger partial charge in [-0.15, -0.1) is 0 Å². The summed E-state index contributed by atoms with van der Waals surface area (Å²) in [4.78, 5) is 4.29. The highest BCUT2D eigenvalue weighted by atomic mass is 16.3. The molecule has 90 valence electrons. The van der Waals surface area contributed by atoms with Crippen molar-refractivity contribution in [1.82, 2.24) is 4.98 Å². The minimum atomic E-state index is -0.0749. The van der Waals surface area contributed by atoms with E-state index in [1.165, 1.54) is 5.56 Å². The zero-order chi connectivity index (χ0) is 12.6. The second-order valence-electron chi connectivity index (χ2n) is 5.35. The number of nitrogens with zero attached hydrogens (tertiary/aromatic N) is 1. The van der Waals surface area contributed by atoms with Crippen molar-refractivity contribution in [3.63, 3.8) is 0 Å². The minimum Gasteiger partial charge on any atom is -0.392 e. The van der Waals surface area contributed by atoms with Crippen LogP contribution in [0, 0.1) is 0 Å². The first-order valence-corrected chi connectivity index (χ1v) is 5.72. The molecule has 1 aromatic heterocycles. The number of aromatic nitrogens is 1. The standard InChI is InChI=1S/C14H18N2O/c1-14(2,3)11-4-5-12-9(7-11)6-10(8-17)13(15)16-12/h4-7,17H,8H2,1-3H3,(H2,15,16). The molecule has 1 aromatic carbocycles. The minimum absolute atomic E-state index is 0.0749. The van der Waals surface area contributed by atoms with Crippen LogP contribution in [0.25, 0.3) is 10.9 Å². The maximum Gasteiger partial charge on any atom is 0.129 e. The van der Waals surface area contributed by atoms with Crippen LogP contribution in [0.1, 0.15) is 31.9 Å². The van der Waals surface area contributed by atoms with Gasteiger partial charge in [0.05, 0.1) is 12.1 Å². The summed E-state index contributed by atoms with van der Waals surface area (Å²) >= 11 is 0. The van der Waals surface area contributed by atoms with Crippen molar-refractivity contribution in [3.8, 4) is 0 Å². The van der Waals surface area contributed by atoms with Gasteiger partial charge in [0.1, 0.15) is 5.82 Å². The number of rotatable bonds is 1. The molecule has 0 saturated heterocycles. The van der Waals surface area contributed by atoms with Crippen LogP contribution < -0.4 is 5.73 Å². The van der Waals surface area contributed by atoms with Crippen LogP contribution in [0.3, 0.4) is 0 Å². The summed E-state index contributed by atoms with van der Waals surface area (Å²) in [7, 11) is 0. The maximum absolute atomic E-state index is 9.19. The quantitative estimate of drug-likeness (QED) is 0.791. The highest BCUT2D eigenvalue weighted by Gasteiger charge is 2.14. The molecule has 0 spiro atoms. The third-order valence-corrected chi connectivity index (χ3v) is 2.96. The lowest BCUT2D eigenvalue weighted by atomic mass is 9.86. The molecule has 3 nitrogen and oxygen atoms in total. The molecule has 2 aromatic rings. The number of nitrogen functional groups attached to an aromatic ring is 1. The molecule has 0 atom stereocenters. The van der Waals surface area contributed by atoms with Crippen molar-refractivity contribution >= 4 is 16.7 Å². The molecule has 0 aliphatic rings. The number of nitrogens with two attached hydrogens (primary N) is 1. The van der Waals surface area contributed by atoms with Gasteiger partial charge in [-0.25, -0.2) is 4.98 Å². The normalized spacial score (nSPS) is 12.0. The van der Waals surface area contributed by atoms with Crippen LogP contribution in [0.5, 0.6) is 0 Å². The van der Waals surface area contributed by atoms with Crippen LogP contribution in [0.4, 0.5) is 5.82 Å². The molecule has 3 heteroatoms. The van der Waals surface area contributed by atoms with E-state index in [4.69, 9.17) is 5.73 Å². The Labute approximate surface area is 101 Å². The fourth-order valence-corrected chi connectivity index (χ4v) is 1.83. The predicted molar refractivity (Wildman–Crippen MR) is 70.8 cm³/mol. The third-order valence-electron chi connectivity index (χ3n) is 2.96. The van der Waals surface area contributed by atoms with Gasteiger partial charge in [0.2, 0.25) is 0 Å². The van der Waals surface area contributed by atoms with Crippen LogP contribution in [0.2, 0.25) is 0 Å². The Kier molecular flexibility index (Phi) is 2.79. The molecule has 0 aliphatic carbocycles. The molecule has 0 radical (unpaired) electrons. The van der Waals surface area contributed by atoms with E-state index in [-0.39, 0.29) is 12.0 Å². The van der Waals surface area contributed by atoms with Crippen molar-refractivity contribution in [2.75, 3.05) is 5.73 Å². The summed E-state index contributed by atoms with van der Waals surface area (Å²) in [6.45, 7) is 6.44. The number of hydrogen-bond donors (Lipinski definition) is 2. The lowest BCUT2D eigenvalue weighted by Gasteiger charge is -2.19. The summed E-state index contributed by atoms with van der Waals surface area (Å²) in [6, 6.07) is 8.08. The van der Waals surface area contributed by atoms with Crippen molar-refractivity contribution in [1.29, 1.82) is 0 Å². The Morgan fingerprint density at radius 3 is 2.53 bits per heavy atom. The number of aliphatic hydroxyl groups is 1. The first-order chi connectivity index (χ1) is 7.91. The molecule has 0 amide bonds. The molecule has 0 bridgehead atoms. The number of pyridine rings is 1. The fourth-order valence-electron chi connectivity index (χ4n) is 1.83. The molecule has 1 heterocycles. The number of anilines is 1. The van der Waals surface area contributed by atoms with E-state index in [0.717, 1.165) is 10.9 Å². The lowest BCUT2D eigenvalue weighted by molar-refractivity contribution is 0.282. The van der Waals surface area contributed by atoms with Gasteiger partial charge in [-0.1, -0.05) is 26.8 Å². The zero-order valence-corrected chi connectivity index (χ0v) is 10.5. The number of aliphatic hydroxyl groups excluding tert-OH is 1. The number of fused-ring (bicyclic) bond motifs is 1. The van der Waals surface area contributed by atoms with Gasteiger partial charge in [-0.2, -0.15) is 0 Å². The summed E-state index contributed by atoms with van der Waals surface area (Å²) in [5.74, 6) is 0.406. The Morgan fingerprint density at radius 1 is 1.24 bits per heavy atom. The van der Waals surface area contributed by atoms with E-state index in [1.807, 2.05) is 12.1 Å². The Balaban J connectivity index is 2.65. The monoisotopic (exact) mass is 230 g/mol. The Bertz CT molecular complexity index is 556. The summed E-state index contributed by atoms with van der Waals surface area (Å²) in [5.41, 5.74) is 8.66. The van der Waals surface area contributed by atoms with Crippen LogP contribution in [-0.2, 0) is 12.0 Å². The van der Waals surface area contributed by atoms with E-state index >= 15 is 0 Å². The predicted octanol–water partition coefficient (Wildman–Crippen LogP) is 2.61. The number of benzene rings is 1. The average molecular weight is 230 g/mol. The van der Waals surface area contributed by atoms with Crippen LogP contribution in [-0.4, -0.2) is 10.1 Å². The molecule has 0 fully saturated rings. The van der Waals surface area contributed by atoms with E-state index in [1.54, 1.807) is 0 Å². The second kappa shape index (κ2) is 4.00. The molecular formula is C14H18N2O. The largest absolute Gasteiger partial charge is 0.392 e. The average Bonchev–Trinajstić information content (AvgIpc) is 2.26. The number of hydrogen-bond acceptors (Lipinski definition) is 3. The van der Waals surface area contributed by atoms with Gasteiger partial charge >= 0.3 is 0 Å². The van der Waals surface area contributed by atoms with E-state index in [0.29, 0.717) is 11.4 Å². The van der Waals surface area contributed by atoms with Gasteiger partial charge in [-0.3, -0.25) is 0 Å². The Morgan fingerprint density at radius 2 is 1.94 bits per heavy atom. The fraction of sp³-hybridized carbons (Fsp3) is 0.357. The van der Waals surface area contributed by atoms with Crippen molar-refractivity contribution in [2.45, 2.75) is 32.8 Å². The SMILES string of the molecule is CC(C)(C)c1ccc2nc(N)c(CO)cc2c1. The van der Waals surface area contributed by atoms with Gasteiger partial charge in [0, 0.05) is 10.9 Å². The zero-order valence-electron chi connectivity index (χ0n) is 10.5. The van der Waals surface area contributed by atoms with E-state index in [9.17, 15) is 5.11 Å². The third kappa shape index (κ3) is 2.24. The van der Waals surface area contributed by atoms with Crippen LogP contribution >= 0.6 is 0 Å². The molecule has 0 saturated carbocycles. The molecular weight excluding hydrogens is 212 g/mol. The lowest BCUT2D eigenvalue weighted by Crippen LogP contribution is -2.10. The summed E-state index contributed by atoms with van der Waals surface area (Å²) in [6.07, 6.45) is 0. The maximum atomic E-state index is 9.19. The second-order valence-corrected chi connectivity index (χ2v) is 5.35. The first kappa shape index (κ1) is 11.9. The highest BCUT2D eigenvalue weighted by Crippen LogP contribution is 2.27. The van der Waals surface area contributed by atoms with Gasteiger partial charge in [0.25, 0.3) is 0 Å². The van der Waals surface area contributed by atoms with Crippen molar-refractivity contribution in [3.05, 3.63) is 35.4 Å². The summed E-state index contributed by atoms with van der Waals surface area (Å²) in [5, 5.41) is 10.2. The van der Waals surface area contributed by atoms with Crippen molar-refractivity contribution < 1.29 is 5.11 Å². The van der Waals surface area contributed by atoms with E-state index in [2.05, 4.69) is 37.9 Å². The van der Waals surface area contributed by atoms with Gasteiger partial charge in [0.15, 0.2) is 0 Å². The van der Waals surface area contributed by atoms with Gasteiger partial charge in [-0.05, 0) is 29.2 Å². The molecule has 17 heavy (non-hydrogen) atoms. The smallest absolute Gasteiger partial charge is 0.129 e. The van der Waals surface area contributed by atoms with Crippen molar-refractivity contribution in [2.24, 2.45) is 0 Å². The molecule has 0 unspecified atom stereocenters. The van der Waals surface area contributed by atoms with E-state index < -0.39 is 0 Å². The Hall–Kier alpha value is -1.61.